The number of amides is 1. The Morgan fingerprint density at radius 2 is 2.12 bits per heavy atom. The molecular weight excluding hydrogens is 311 g/mol. The van der Waals surface area contributed by atoms with Crippen LogP contribution in [0.2, 0.25) is 0 Å². The molecule has 1 aliphatic heterocycles. The zero-order valence-corrected chi connectivity index (χ0v) is 13.6. The van der Waals surface area contributed by atoms with Gasteiger partial charge in [0.15, 0.2) is 5.76 Å². The highest BCUT2D eigenvalue weighted by Crippen LogP contribution is 2.23. The van der Waals surface area contributed by atoms with Crippen molar-refractivity contribution in [3.8, 4) is 0 Å². The summed E-state index contributed by atoms with van der Waals surface area (Å²) < 4.78 is 23.4. The van der Waals surface area contributed by atoms with E-state index < -0.39 is 0 Å². The van der Waals surface area contributed by atoms with Crippen LogP contribution >= 0.6 is 0 Å². The summed E-state index contributed by atoms with van der Waals surface area (Å²) in [7, 11) is 1.58. The second kappa shape index (κ2) is 7.49. The zero-order chi connectivity index (χ0) is 16.9. The molecule has 5 nitrogen and oxygen atoms in total. The molecule has 1 aliphatic rings. The average molecular weight is 332 g/mol. The minimum atomic E-state index is -0.229. The number of furan rings is 1. The van der Waals surface area contributed by atoms with E-state index in [0.29, 0.717) is 30.6 Å². The Kier molecular flexibility index (Phi) is 5.15. The molecule has 1 N–H and O–H groups in total. The summed E-state index contributed by atoms with van der Waals surface area (Å²) in [5.41, 5.74) is 1.01. The molecule has 24 heavy (non-hydrogen) atoms. The van der Waals surface area contributed by atoms with Crippen molar-refractivity contribution < 1.29 is 18.3 Å². The highest BCUT2D eigenvalue weighted by molar-refractivity contribution is 5.91. The SMILES string of the molecule is COCc1ccc(C(=O)NC[C@@H]2CCN(c3ccc(F)cc3)C2)o1. The zero-order valence-electron chi connectivity index (χ0n) is 13.6. The highest BCUT2D eigenvalue weighted by Gasteiger charge is 2.23. The first-order valence-electron chi connectivity index (χ1n) is 8.02. The first kappa shape index (κ1) is 16.5. The number of nitrogens with one attached hydrogen (secondary N) is 1. The van der Waals surface area contributed by atoms with Crippen molar-refractivity contribution in [2.24, 2.45) is 5.92 Å². The number of carbonyl (C=O) groups excluding carboxylic acids is 1. The predicted molar refractivity (Wildman–Crippen MR) is 88.5 cm³/mol. The van der Waals surface area contributed by atoms with E-state index in [1.54, 1.807) is 31.4 Å². The largest absolute Gasteiger partial charge is 0.453 e. The van der Waals surface area contributed by atoms with Crippen LogP contribution in [0.15, 0.2) is 40.8 Å². The van der Waals surface area contributed by atoms with Gasteiger partial charge in [-0.15, -0.1) is 0 Å². The Balaban J connectivity index is 1.48. The molecule has 128 valence electrons. The van der Waals surface area contributed by atoms with Crippen molar-refractivity contribution in [1.29, 1.82) is 0 Å². The predicted octanol–water partition coefficient (Wildman–Crippen LogP) is 2.82. The number of halogens is 1. The molecule has 1 aromatic carbocycles. The van der Waals surface area contributed by atoms with E-state index in [1.165, 1.54) is 12.1 Å². The number of hydrogen-bond donors (Lipinski definition) is 1. The number of ether oxygens (including phenoxy) is 1. The molecule has 3 rings (SSSR count). The van der Waals surface area contributed by atoms with Crippen molar-refractivity contribution in [3.63, 3.8) is 0 Å². The lowest BCUT2D eigenvalue weighted by molar-refractivity contribution is 0.0912. The Morgan fingerprint density at radius 1 is 1.33 bits per heavy atom. The third-order valence-electron chi connectivity index (χ3n) is 4.20. The lowest BCUT2D eigenvalue weighted by Gasteiger charge is -2.18. The fraction of sp³-hybridized carbons (Fsp3) is 0.389. The smallest absolute Gasteiger partial charge is 0.287 e. The van der Waals surface area contributed by atoms with Crippen LogP contribution in [0.3, 0.4) is 0 Å². The van der Waals surface area contributed by atoms with Gasteiger partial charge in [0.1, 0.15) is 18.2 Å². The molecular formula is C18H21FN2O3. The van der Waals surface area contributed by atoms with Crippen LogP contribution in [0.5, 0.6) is 0 Å². The van der Waals surface area contributed by atoms with Crippen LogP contribution in [0.4, 0.5) is 10.1 Å². The van der Waals surface area contributed by atoms with Crippen molar-refractivity contribution >= 4 is 11.6 Å². The minimum absolute atomic E-state index is 0.211. The van der Waals surface area contributed by atoms with Crippen LogP contribution < -0.4 is 10.2 Å². The molecule has 0 spiro atoms. The van der Waals surface area contributed by atoms with Gasteiger partial charge in [-0.25, -0.2) is 4.39 Å². The summed E-state index contributed by atoms with van der Waals surface area (Å²) in [5, 5.41) is 2.92. The second-order valence-corrected chi connectivity index (χ2v) is 5.99. The third-order valence-corrected chi connectivity index (χ3v) is 4.20. The number of nitrogens with zero attached hydrogens (tertiary/aromatic N) is 1. The molecule has 0 unspecified atom stereocenters. The molecule has 2 heterocycles. The molecule has 0 saturated carbocycles. The molecule has 0 radical (unpaired) electrons. The molecule has 2 aromatic rings. The van der Waals surface area contributed by atoms with Crippen LogP contribution in [-0.2, 0) is 11.3 Å². The molecule has 0 aliphatic carbocycles. The summed E-state index contributed by atoms with van der Waals surface area (Å²) in [6, 6.07) is 9.91. The van der Waals surface area contributed by atoms with Gasteiger partial charge in [-0.2, -0.15) is 0 Å². The number of benzene rings is 1. The normalized spacial score (nSPS) is 17.2. The monoisotopic (exact) mass is 332 g/mol. The Labute approximate surface area is 140 Å². The van der Waals surface area contributed by atoms with Gasteiger partial charge < -0.3 is 19.4 Å². The van der Waals surface area contributed by atoms with E-state index in [1.807, 2.05) is 0 Å². The van der Waals surface area contributed by atoms with Gasteiger partial charge in [-0.1, -0.05) is 0 Å². The Morgan fingerprint density at radius 3 is 2.88 bits per heavy atom. The van der Waals surface area contributed by atoms with Gasteiger partial charge in [0.25, 0.3) is 5.91 Å². The Bertz CT molecular complexity index is 684. The topological polar surface area (TPSA) is 54.7 Å². The van der Waals surface area contributed by atoms with Crippen LogP contribution in [0.1, 0.15) is 22.7 Å². The molecule has 1 saturated heterocycles. The quantitative estimate of drug-likeness (QED) is 0.884. The summed E-state index contributed by atoms with van der Waals surface area (Å²) in [5.74, 6) is 0.861. The van der Waals surface area contributed by atoms with E-state index in [9.17, 15) is 9.18 Å². The molecule has 1 fully saturated rings. The van der Waals surface area contributed by atoms with E-state index >= 15 is 0 Å². The minimum Gasteiger partial charge on any atom is -0.453 e. The van der Waals surface area contributed by atoms with Gasteiger partial charge in [-0.3, -0.25) is 4.79 Å². The van der Waals surface area contributed by atoms with Crippen molar-refractivity contribution in [1.82, 2.24) is 5.32 Å². The molecule has 1 aromatic heterocycles. The maximum Gasteiger partial charge on any atom is 0.287 e. The summed E-state index contributed by atoms with van der Waals surface area (Å²) in [6.07, 6.45) is 0.991. The van der Waals surface area contributed by atoms with Crippen molar-refractivity contribution in [2.45, 2.75) is 13.0 Å². The maximum absolute atomic E-state index is 13.0. The van der Waals surface area contributed by atoms with Crippen LogP contribution in [0, 0.1) is 11.7 Å². The average Bonchev–Trinajstić information content (AvgIpc) is 3.23. The van der Waals surface area contributed by atoms with Crippen LogP contribution in [-0.4, -0.2) is 32.7 Å². The molecule has 1 atom stereocenters. The second-order valence-electron chi connectivity index (χ2n) is 5.99. The summed E-state index contributed by atoms with van der Waals surface area (Å²) >= 11 is 0. The number of carbonyl (C=O) groups is 1. The van der Waals surface area contributed by atoms with Crippen molar-refractivity contribution in [3.05, 3.63) is 53.7 Å². The number of hydrogen-bond acceptors (Lipinski definition) is 4. The maximum atomic E-state index is 13.0. The lowest BCUT2D eigenvalue weighted by atomic mass is 10.1. The Hall–Kier alpha value is -2.34. The first-order valence-corrected chi connectivity index (χ1v) is 8.02. The van der Waals surface area contributed by atoms with Gasteiger partial charge >= 0.3 is 0 Å². The van der Waals surface area contributed by atoms with Gasteiger partial charge in [-0.05, 0) is 48.7 Å². The van der Waals surface area contributed by atoms with E-state index in [4.69, 9.17) is 9.15 Å². The van der Waals surface area contributed by atoms with Crippen LogP contribution in [0.25, 0.3) is 0 Å². The van der Waals surface area contributed by atoms with Crippen molar-refractivity contribution in [2.75, 3.05) is 31.6 Å². The number of anilines is 1. The highest BCUT2D eigenvalue weighted by atomic mass is 19.1. The summed E-state index contributed by atoms with van der Waals surface area (Å²) in [6.45, 7) is 2.70. The summed E-state index contributed by atoms with van der Waals surface area (Å²) in [4.78, 5) is 14.3. The molecule has 0 bridgehead atoms. The molecule has 1 amide bonds. The van der Waals surface area contributed by atoms with Gasteiger partial charge in [0, 0.05) is 32.4 Å². The number of methoxy groups -OCH3 is 1. The van der Waals surface area contributed by atoms with E-state index in [2.05, 4.69) is 10.2 Å². The van der Waals surface area contributed by atoms with Gasteiger partial charge in [0.2, 0.25) is 0 Å². The number of rotatable bonds is 6. The third kappa shape index (κ3) is 3.94. The fourth-order valence-corrected chi connectivity index (χ4v) is 2.93. The van der Waals surface area contributed by atoms with Gasteiger partial charge in [0.05, 0.1) is 0 Å². The fourth-order valence-electron chi connectivity index (χ4n) is 2.93. The first-order chi connectivity index (χ1) is 11.7. The standard InChI is InChI=1S/C18H21FN2O3/c1-23-12-16-6-7-17(24-16)18(22)20-10-13-8-9-21(11-13)15-4-2-14(19)3-5-15/h2-7,13H,8-12H2,1H3,(H,20,22)/t13-/m0/s1. The van der Waals surface area contributed by atoms with E-state index in [0.717, 1.165) is 25.2 Å². The van der Waals surface area contributed by atoms with E-state index in [-0.39, 0.29) is 11.7 Å². The molecule has 6 heteroatoms. The lowest BCUT2D eigenvalue weighted by Crippen LogP contribution is -2.30.